The fourth-order valence-corrected chi connectivity index (χ4v) is 2.19. The van der Waals surface area contributed by atoms with E-state index in [1.807, 2.05) is 24.3 Å². The highest BCUT2D eigenvalue weighted by molar-refractivity contribution is 5.82. The summed E-state index contributed by atoms with van der Waals surface area (Å²) in [6.07, 6.45) is 4.08. The Morgan fingerprint density at radius 3 is 2.68 bits per heavy atom. The molecule has 19 heavy (non-hydrogen) atoms. The lowest BCUT2D eigenvalue weighted by molar-refractivity contribution is -0.879. The van der Waals surface area contributed by atoms with Crippen LogP contribution in [0.3, 0.4) is 0 Å². The number of hydrazone groups is 1. The van der Waals surface area contributed by atoms with Gasteiger partial charge in [-0.25, -0.2) is 5.43 Å². The molecule has 1 fully saturated rings. The number of rotatable bonds is 5. The number of carbonyl (C=O) groups excluding carboxylic acids is 1. The fraction of sp³-hybridized carbons (Fsp3) is 0.429. The lowest BCUT2D eigenvalue weighted by atomic mass is 10.2. The zero-order valence-corrected chi connectivity index (χ0v) is 11.2. The van der Waals surface area contributed by atoms with Gasteiger partial charge in [0.1, 0.15) is 5.75 Å². The molecule has 1 aromatic carbocycles. The SMILES string of the molecule is COc1ccc(C=NNC(=O)C[NH+]2CCCC2)cc1. The van der Waals surface area contributed by atoms with Gasteiger partial charge < -0.3 is 9.64 Å². The Morgan fingerprint density at radius 1 is 1.37 bits per heavy atom. The molecule has 1 aliphatic heterocycles. The van der Waals surface area contributed by atoms with E-state index in [4.69, 9.17) is 4.74 Å². The van der Waals surface area contributed by atoms with Crippen LogP contribution in [0.5, 0.6) is 5.75 Å². The van der Waals surface area contributed by atoms with E-state index < -0.39 is 0 Å². The van der Waals surface area contributed by atoms with E-state index in [9.17, 15) is 4.79 Å². The first-order chi connectivity index (χ1) is 9.28. The van der Waals surface area contributed by atoms with Crippen molar-refractivity contribution in [2.75, 3.05) is 26.7 Å². The molecule has 1 aromatic rings. The van der Waals surface area contributed by atoms with Crippen LogP contribution in [0.2, 0.25) is 0 Å². The Kier molecular flexibility index (Phi) is 4.92. The molecule has 0 aromatic heterocycles. The number of amides is 1. The second-order valence-corrected chi connectivity index (χ2v) is 4.70. The molecule has 0 bridgehead atoms. The summed E-state index contributed by atoms with van der Waals surface area (Å²) in [4.78, 5) is 13.0. The molecule has 102 valence electrons. The maximum Gasteiger partial charge on any atom is 0.295 e. The minimum atomic E-state index is -0.0262. The van der Waals surface area contributed by atoms with Gasteiger partial charge in [-0.15, -0.1) is 0 Å². The van der Waals surface area contributed by atoms with E-state index in [1.165, 1.54) is 17.7 Å². The summed E-state index contributed by atoms with van der Waals surface area (Å²) in [6, 6.07) is 7.50. The quantitative estimate of drug-likeness (QED) is 0.571. The van der Waals surface area contributed by atoms with Gasteiger partial charge in [-0.3, -0.25) is 4.79 Å². The minimum absolute atomic E-state index is 0.0262. The third-order valence-electron chi connectivity index (χ3n) is 3.24. The number of nitrogens with one attached hydrogen (secondary N) is 2. The molecule has 0 unspecified atom stereocenters. The molecular formula is C14H20N3O2+. The van der Waals surface area contributed by atoms with Crippen LogP contribution in [0.25, 0.3) is 0 Å². The topological polar surface area (TPSA) is 55.1 Å². The molecule has 5 heteroatoms. The molecule has 1 aliphatic rings. The summed E-state index contributed by atoms with van der Waals surface area (Å²) in [5.74, 6) is 0.778. The molecule has 0 aliphatic carbocycles. The summed E-state index contributed by atoms with van der Waals surface area (Å²) >= 11 is 0. The van der Waals surface area contributed by atoms with Crippen molar-refractivity contribution in [1.82, 2.24) is 5.43 Å². The number of ether oxygens (including phenoxy) is 1. The number of methoxy groups -OCH3 is 1. The number of hydrogen-bond donors (Lipinski definition) is 2. The third kappa shape index (κ3) is 4.37. The van der Waals surface area contributed by atoms with E-state index in [-0.39, 0.29) is 5.91 Å². The smallest absolute Gasteiger partial charge is 0.295 e. The lowest BCUT2D eigenvalue weighted by Gasteiger charge is -2.09. The van der Waals surface area contributed by atoms with E-state index in [0.29, 0.717) is 6.54 Å². The van der Waals surface area contributed by atoms with Gasteiger partial charge in [0, 0.05) is 12.8 Å². The average Bonchev–Trinajstić information content (AvgIpc) is 2.92. The molecular weight excluding hydrogens is 242 g/mol. The van der Waals surface area contributed by atoms with Gasteiger partial charge in [-0.1, -0.05) is 0 Å². The molecule has 2 N–H and O–H groups in total. The molecule has 0 saturated carbocycles. The summed E-state index contributed by atoms with van der Waals surface area (Å²) in [5.41, 5.74) is 3.49. The second kappa shape index (κ2) is 6.89. The largest absolute Gasteiger partial charge is 0.497 e. The van der Waals surface area contributed by atoms with E-state index >= 15 is 0 Å². The summed E-state index contributed by atoms with van der Waals surface area (Å²) < 4.78 is 5.07. The van der Waals surface area contributed by atoms with Gasteiger partial charge in [-0.05, 0) is 29.8 Å². The summed E-state index contributed by atoms with van der Waals surface area (Å²) in [6.45, 7) is 2.70. The van der Waals surface area contributed by atoms with E-state index in [0.717, 1.165) is 24.4 Å². The minimum Gasteiger partial charge on any atom is -0.497 e. The van der Waals surface area contributed by atoms with Gasteiger partial charge in [-0.2, -0.15) is 5.10 Å². The van der Waals surface area contributed by atoms with Crippen LogP contribution in [0.15, 0.2) is 29.4 Å². The van der Waals surface area contributed by atoms with Crippen LogP contribution in [-0.2, 0) is 4.79 Å². The van der Waals surface area contributed by atoms with Crippen molar-refractivity contribution in [2.24, 2.45) is 5.10 Å². The maximum absolute atomic E-state index is 11.6. The van der Waals surface area contributed by atoms with Crippen molar-refractivity contribution < 1.29 is 14.4 Å². The second-order valence-electron chi connectivity index (χ2n) is 4.70. The highest BCUT2D eigenvalue weighted by Gasteiger charge is 2.18. The predicted octanol–water partition coefficient (Wildman–Crippen LogP) is -0.176. The molecule has 0 radical (unpaired) electrons. The normalized spacial score (nSPS) is 15.8. The van der Waals surface area contributed by atoms with Crippen LogP contribution < -0.4 is 15.1 Å². The third-order valence-corrected chi connectivity index (χ3v) is 3.24. The molecule has 1 saturated heterocycles. The molecule has 1 amide bonds. The Bertz CT molecular complexity index is 437. The van der Waals surface area contributed by atoms with Crippen molar-refractivity contribution >= 4 is 12.1 Å². The average molecular weight is 262 g/mol. The highest BCUT2D eigenvalue weighted by atomic mass is 16.5. The number of likely N-dealkylation sites (tertiary alicyclic amines) is 1. The van der Waals surface area contributed by atoms with Gasteiger partial charge in [0.2, 0.25) is 0 Å². The molecule has 2 rings (SSSR count). The van der Waals surface area contributed by atoms with Crippen molar-refractivity contribution in [3.05, 3.63) is 29.8 Å². The monoisotopic (exact) mass is 262 g/mol. The molecule has 5 nitrogen and oxygen atoms in total. The van der Waals surface area contributed by atoms with Crippen molar-refractivity contribution in [3.8, 4) is 5.75 Å². The summed E-state index contributed by atoms with van der Waals surface area (Å²) in [7, 11) is 1.63. The fourth-order valence-electron chi connectivity index (χ4n) is 2.19. The predicted molar refractivity (Wildman–Crippen MR) is 73.5 cm³/mol. The van der Waals surface area contributed by atoms with Crippen LogP contribution in [0.1, 0.15) is 18.4 Å². The highest BCUT2D eigenvalue weighted by Crippen LogP contribution is 2.09. The van der Waals surface area contributed by atoms with Gasteiger partial charge in [0.05, 0.1) is 26.4 Å². The van der Waals surface area contributed by atoms with Crippen LogP contribution in [0, 0.1) is 0 Å². The first kappa shape index (κ1) is 13.5. The Morgan fingerprint density at radius 2 is 2.05 bits per heavy atom. The Balaban J connectivity index is 1.76. The number of benzene rings is 1. The van der Waals surface area contributed by atoms with Crippen molar-refractivity contribution in [3.63, 3.8) is 0 Å². The van der Waals surface area contributed by atoms with Gasteiger partial charge >= 0.3 is 0 Å². The van der Waals surface area contributed by atoms with E-state index in [1.54, 1.807) is 13.3 Å². The van der Waals surface area contributed by atoms with Gasteiger partial charge in [0.25, 0.3) is 5.91 Å². The maximum atomic E-state index is 11.6. The Labute approximate surface area is 113 Å². The van der Waals surface area contributed by atoms with Gasteiger partial charge in [0.15, 0.2) is 6.54 Å². The van der Waals surface area contributed by atoms with E-state index in [2.05, 4.69) is 10.5 Å². The zero-order valence-electron chi connectivity index (χ0n) is 11.2. The Hall–Kier alpha value is -1.88. The van der Waals surface area contributed by atoms with Crippen molar-refractivity contribution in [2.45, 2.75) is 12.8 Å². The number of nitrogens with zero attached hydrogens (tertiary/aromatic N) is 1. The van der Waals surface area contributed by atoms with Crippen LogP contribution in [0.4, 0.5) is 0 Å². The van der Waals surface area contributed by atoms with Crippen molar-refractivity contribution in [1.29, 1.82) is 0 Å². The summed E-state index contributed by atoms with van der Waals surface area (Å²) in [5, 5.41) is 3.96. The van der Waals surface area contributed by atoms with Crippen LogP contribution >= 0.6 is 0 Å². The first-order valence-electron chi connectivity index (χ1n) is 6.57. The zero-order chi connectivity index (χ0) is 13.5. The first-order valence-corrected chi connectivity index (χ1v) is 6.57. The number of quaternary nitrogens is 1. The standard InChI is InChI=1S/C14H19N3O2/c1-19-13-6-4-12(5-7-13)10-15-16-14(18)11-17-8-2-3-9-17/h4-7,10H,2-3,8-9,11H2,1H3,(H,16,18)/p+1. The van der Waals surface area contributed by atoms with Crippen LogP contribution in [-0.4, -0.2) is 38.9 Å². The molecule has 1 heterocycles. The number of hydrogen-bond acceptors (Lipinski definition) is 3. The molecule has 0 atom stereocenters. The lowest BCUT2D eigenvalue weighted by Crippen LogP contribution is -3.11. The number of carbonyl (C=O) groups is 1. The molecule has 0 spiro atoms.